The van der Waals surface area contributed by atoms with Crippen LogP contribution in [0.1, 0.15) is 31.8 Å². The van der Waals surface area contributed by atoms with Crippen molar-refractivity contribution in [3.63, 3.8) is 0 Å². The number of aliphatic hydroxyl groups is 1. The minimum absolute atomic E-state index is 0.0791. The highest BCUT2D eigenvalue weighted by atomic mass is 79.9. The molecule has 0 bridgehead atoms. The second-order valence-electron chi connectivity index (χ2n) is 3.91. The van der Waals surface area contributed by atoms with Crippen LogP contribution < -0.4 is 0 Å². The van der Waals surface area contributed by atoms with Crippen LogP contribution in [-0.4, -0.2) is 5.11 Å². The molecule has 1 nitrogen and oxygen atoms in total. The second kappa shape index (κ2) is 3.48. The smallest absolute Gasteiger partial charge is 0.0930 e. The van der Waals surface area contributed by atoms with Crippen molar-refractivity contribution in [3.05, 3.63) is 20.8 Å². The van der Waals surface area contributed by atoms with E-state index in [1.165, 1.54) is 0 Å². The summed E-state index contributed by atoms with van der Waals surface area (Å²) < 4.78 is 1.07. The number of thiophene rings is 1. The van der Waals surface area contributed by atoms with Gasteiger partial charge in [0, 0.05) is 4.88 Å². The van der Waals surface area contributed by atoms with E-state index in [2.05, 4.69) is 15.9 Å². The van der Waals surface area contributed by atoms with Crippen LogP contribution in [0.25, 0.3) is 0 Å². The molecule has 0 aliphatic carbocycles. The summed E-state index contributed by atoms with van der Waals surface area (Å²) in [5, 5.41) is 9.86. The van der Waals surface area contributed by atoms with Crippen LogP contribution in [0.15, 0.2) is 15.9 Å². The largest absolute Gasteiger partial charge is 0.387 e. The molecule has 0 spiro atoms. The Morgan fingerprint density at radius 3 is 2.33 bits per heavy atom. The fourth-order valence-corrected chi connectivity index (χ4v) is 2.56. The molecule has 1 unspecified atom stereocenters. The molecule has 12 heavy (non-hydrogen) atoms. The molecule has 1 heterocycles. The molecular formula is C9H13BrOS. The summed E-state index contributed by atoms with van der Waals surface area (Å²) >= 11 is 4.96. The van der Waals surface area contributed by atoms with Gasteiger partial charge in [0.05, 0.1) is 9.89 Å². The van der Waals surface area contributed by atoms with Gasteiger partial charge >= 0.3 is 0 Å². The Bertz CT molecular complexity index is 262. The maximum absolute atomic E-state index is 9.86. The van der Waals surface area contributed by atoms with Gasteiger partial charge in [-0.15, -0.1) is 11.3 Å². The van der Waals surface area contributed by atoms with E-state index < -0.39 is 0 Å². The zero-order valence-corrected chi connectivity index (χ0v) is 9.87. The minimum atomic E-state index is -0.367. The lowest BCUT2D eigenvalue weighted by molar-refractivity contribution is 0.0658. The van der Waals surface area contributed by atoms with E-state index in [1.54, 1.807) is 11.3 Å². The molecule has 1 N–H and O–H groups in total. The standard InChI is InChI=1S/C9H13BrOS/c1-9(2,3)8(11)6-4-5-7(10)12-6/h4-5,8,11H,1-3H3. The topological polar surface area (TPSA) is 20.2 Å². The molecule has 1 rings (SSSR count). The molecule has 68 valence electrons. The lowest BCUT2D eigenvalue weighted by Gasteiger charge is -2.24. The van der Waals surface area contributed by atoms with Crippen molar-refractivity contribution >= 4 is 27.3 Å². The maximum Gasteiger partial charge on any atom is 0.0930 e. The fourth-order valence-electron chi connectivity index (χ4n) is 0.902. The summed E-state index contributed by atoms with van der Waals surface area (Å²) in [7, 11) is 0. The molecule has 0 fully saturated rings. The SMILES string of the molecule is CC(C)(C)C(O)c1ccc(Br)s1. The van der Waals surface area contributed by atoms with Crippen molar-refractivity contribution in [1.29, 1.82) is 0 Å². The number of halogens is 1. The summed E-state index contributed by atoms with van der Waals surface area (Å²) in [5.41, 5.74) is -0.0791. The van der Waals surface area contributed by atoms with Gasteiger partial charge in [0.2, 0.25) is 0 Å². The fraction of sp³-hybridized carbons (Fsp3) is 0.556. The third-order valence-electron chi connectivity index (χ3n) is 1.68. The molecule has 3 heteroatoms. The van der Waals surface area contributed by atoms with Gasteiger partial charge in [0.25, 0.3) is 0 Å². The lowest BCUT2D eigenvalue weighted by atomic mass is 9.88. The van der Waals surface area contributed by atoms with Gasteiger partial charge in [-0.25, -0.2) is 0 Å². The highest BCUT2D eigenvalue weighted by molar-refractivity contribution is 9.11. The predicted molar refractivity (Wildman–Crippen MR) is 56.4 cm³/mol. The molecule has 0 radical (unpaired) electrons. The first-order valence-corrected chi connectivity index (χ1v) is 5.45. The molecule has 0 saturated carbocycles. The summed E-state index contributed by atoms with van der Waals surface area (Å²) in [6.07, 6.45) is -0.367. The molecule has 0 saturated heterocycles. The van der Waals surface area contributed by atoms with Crippen molar-refractivity contribution in [2.24, 2.45) is 5.41 Å². The van der Waals surface area contributed by atoms with E-state index in [0.717, 1.165) is 8.66 Å². The molecule has 0 aliphatic rings. The zero-order valence-electron chi connectivity index (χ0n) is 7.47. The van der Waals surface area contributed by atoms with Crippen LogP contribution in [-0.2, 0) is 0 Å². The first-order valence-electron chi connectivity index (χ1n) is 3.84. The van der Waals surface area contributed by atoms with Crippen LogP contribution in [0.2, 0.25) is 0 Å². The Morgan fingerprint density at radius 1 is 1.42 bits per heavy atom. The Morgan fingerprint density at radius 2 is 2.00 bits per heavy atom. The quantitative estimate of drug-likeness (QED) is 0.806. The van der Waals surface area contributed by atoms with E-state index in [9.17, 15) is 5.11 Å². The highest BCUT2D eigenvalue weighted by Gasteiger charge is 2.24. The predicted octanol–water partition coefficient (Wildman–Crippen LogP) is 3.59. The zero-order chi connectivity index (χ0) is 9.35. The Hall–Kier alpha value is 0.140. The van der Waals surface area contributed by atoms with Crippen LogP contribution in [0.3, 0.4) is 0 Å². The number of hydrogen-bond donors (Lipinski definition) is 1. The molecule has 1 atom stereocenters. The number of rotatable bonds is 1. The van der Waals surface area contributed by atoms with Crippen LogP contribution >= 0.6 is 27.3 Å². The molecular weight excluding hydrogens is 236 g/mol. The molecule has 0 aliphatic heterocycles. The van der Waals surface area contributed by atoms with Gasteiger partial charge in [0.15, 0.2) is 0 Å². The van der Waals surface area contributed by atoms with Crippen molar-refractivity contribution in [3.8, 4) is 0 Å². The van der Waals surface area contributed by atoms with Crippen molar-refractivity contribution < 1.29 is 5.11 Å². The van der Waals surface area contributed by atoms with Crippen molar-refractivity contribution in [2.45, 2.75) is 26.9 Å². The van der Waals surface area contributed by atoms with Gasteiger partial charge in [-0.1, -0.05) is 20.8 Å². The van der Waals surface area contributed by atoms with E-state index >= 15 is 0 Å². The van der Waals surface area contributed by atoms with Gasteiger partial charge in [-0.2, -0.15) is 0 Å². The first kappa shape index (κ1) is 10.2. The maximum atomic E-state index is 9.86. The average molecular weight is 249 g/mol. The van der Waals surface area contributed by atoms with E-state index in [1.807, 2.05) is 32.9 Å². The lowest BCUT2D eigenvalue weighted by Crippen LogP contribution is -2.16. The highest BCUT2D eigenvalue weighted by Crippen LogP contribution is 2.37. The first-order chi connectivity index (χ1) is 5.41. The monoisotopic (exact) mass is 248 g/mol. The van der Waals surface area contributed by atoms with Gasteiger partial charge in [-0.05, 0) is 33.5 Å². The van der Waals surface area contributed by atoms with Crippen LogP contribution in [0.5, 0.6) is 0 Å². The van der Waals surface area contributed by atoms with Gasteiger partial charge in [0.1, 0.15) is 0 Å². The average Bonchev–Trinajstić information content (AvgIpc) is 2.32. The number of hydrogen-bond acceptors (Lipinski definition) is 2. The van der Waals surface area contributed by atoms with Gasteiger partial charge < -0.3 is 5.11 Å². The van der Waals surface area contributed by atoms with E-state index in [4.69, 9.17) is 0 Å². The summed E-state index contributed by atoms with van der Waals surface area (Å²) in [4.78, 5) is 1.02. The summed E-state index contributed by atoms with van der Waals surface area (Å²) in [6, 6.07) is 3.93. The van der Waals surface area contributed by atoms with Crippen LogP contribution in [0, 0.1) is 5.41 Å². The Kier molecular flexibility index (Phi) is 2.97. The van der Waals surface area contributed by atoms with Crippen molar-refractivity contribution in [1.82, 2.24) is 0 Å². The molecule has 0 aromatic carbocycles. The van der Waals surface area contributed by atoms with Gasteiger partial charge in [-0.3, -0.25) is 0 Å². The van der Waals surface area contributed by atoms with Crippen molar-refractivity contribution in [2.75, 3.05) is 0 Å². The minimum Gasteiger partial charge on any atom is -0.387 e. The third kappa shape index (κ3) is 2.31. The molecule has 1 aromatic heterocycles. The van der Waals surface area contributed by atoms with E-state index in [-0.39, 0.29) is 11.5 Å². The molecule has 1 aromatic rings. The van der Waals surface area contributed by atoms with E-state index in [0.29, 0.717) is 0 Å². The second-order valence-corrected chi connectivity index (χ2v) is 6.41. The Balaban J connectivity index is 2.85. The Labute approximate surface area is 85.6 Å². The normalized spacial score (nSPS) is 14.8. The summed E-state index contributed by atoms with van der Waals surface area (Å²) in [5.74, 6) is 0. The molecule has 0 amide bonds. The third-order valence-corrected chi connectivity index (χ3v) is 3.36. The summed E-state index contributed by atoms with van der Waals surface area (Å²) in [6.45, 7) is 6.10. The number of aliphatic hydroxyl groups excluding tert-OH is 1. The van der Waals surface area contributed by atoms with Crippen LogP contribution in [0.4, 0.5) is 0 Å².